The molecule has 0 spiro atoms. The second kappa shape index (κ2) is 7.37. The normalized spacial score (nSPS) is 15.8. The van der Waals surface area contributed by atoms with Crippen molar-refractivity contribution in [1.82, 2.24) is 20.4 Å². The van der Waals surface area contributed by atoms with Crippen molar-refractivity contribution in [3.8, 4) is 11.3 Å². The number of carbonyl (C=O) groups is 1. The number of nitrogens with zero attached hydrogens (tertiary/aromatic N) is 3. The van der Waals surface area contributed by atoms with E-state index < -0.39 is 0 Å². The monoisotopic (exact) mass is 314 g/mol. The van der Waals surface area contributed by atoms with E-state index in [1.165, 1.54) is 0 Å². The maximum Gasteiger partial charge on any atom is 0.276 e. The largest absolute Gasteiger partial charge is 0.355 e. The van der Waals surface area contributed by atoms with Gasteiger partial charge in [-0.1, -0.05) is 12.1 Å². The van der Waals surface area contributed by atoms with E-state index in [1.807, 2.05) is 17.0 Å². The first-order chi connectivity index (χ1) is 11.3. The second-order valence-electron chi connectivity index (χ2n) is 5.86. The Hall–Kier alpha value is -2.21. The first kappa shape index (κ1) is 15.7. The molecule has 1 N–H and O–H groups in total. The van der Waals surface area contributed by atoms with Crippen LogP contribution < -0.4 is 5.32 Å². The van der Waals surface area contributed by atoms with Gasteiger partial charge in [-0.15, -0.1) is 0 Å². The molecule has 3 rings (SSSR count). The number of rotatable bonds is 5. The Bertz CT molecular complexity index is 633. The molecule has 2 aromatic heterocycles. The Morgan fingerprint density at radius 2 is 2.09 bits per heavy atom. The summed E-state index contributed by atoms with van der Waals surface area (Å²) in [6, 6.07) is 5.38. The summed E-state index contributed by atoms with van der Waals surface area (Å²) in [6.45, 7) is 5.72. The first-order valence-electron chi connectivity index (χ1n) is 8.15. The first-order valence-corrected chi connectivity index (χ1v) is 8.15. The predicted octanol–water partition coefficient (Wildman–Crippen LogP) is 2.20. The summed E-state index contributed by atoms with van der Waals surface area (Å²) in [5.41, 5.74) is 1.25. The Morgan fingerprint density at radius 3 is 2.78 bits per heavy atom. The molecule has 1 aliphatic rings. The van der Waals surface area contributed by atoms with Gasteiger partial charge in [-0.3, -0.25) is 9.78 Å². The Balaban J connectivity index is 1.60. The quantitative estimate of drug-likeness (QED) is 0.916. The molecular weight excluding hydrogens is 292 g/mol. The highest BCUT2D eigenvalue weighted by molar-refractivity contribution is 5.93. The summed E-state index contributed by atoms with van der Waals surface area (Å²) in [4.78, 5) is 18.4. The summed E-state index contributed by atoms with van der Waals surface area (Å²) >= 11 is 0. The summed E-state index contributed by atoms with van der Waals surface area (Å²) in [5.74, 6) is 1.21. The van der Waals surface area contributed by atoms with Crippen LogP contribution in [0.4, 0.5) is 0 Å². The Morgan fingerprint density at radius 1 is 1.35 bits per heavy atom. The zero-order valence-corrected chi connectivity index (χ0v) is 13.4. The highest BCUT2D eigenvalue weighted by Gasteiger charge is 2.25. The highest BCUT2D eigenvalue weighted by Crippen LogP contribution is 2.22. The summed E-state index contributed by atoms with van der Waals surface area (Å²) in [7, 11) is 0. The fraction of sp³-hybridized carbons (Fsp3) is 0.471. The van der Waals surface area contributed by atoms with Crippen molar-refractivity contribution in [2.24, 2.45) is 5.92 Å². The lowest BCUT2D eigenvalue weighted by Gasteiger charge is -2.31. The summed E-state index contributed by atoms with van der Waals surface area (Å²) in [5, 5.41) is 7.32. The van der Waals surface area contributed by atoms with Crippen molar-refractivity contribution in [3.05, 3.63) is 36.3 Å². The average Bonchev–Trinajstić information content (AvgIpc) is 3.11. The summed E-state index contributed by atoms with van der Waals surface area (Å²) in [6.07, 6.45) is 5.45. The molecule has 0 aromatic carbocycles. The molecule has 1 amide bonds. The van der Waals surface area contributed by atoms with Gasteiger partial charge in [0.2, 0.25) is 0 Å². The number of nitrogens with one attached hydrogen (secondary N) is 1. The van der Waals surface area contributed by atoms with Gasteiger partial charge in [0.05, 0.1) is 0 Å². The smallest absolute Gasteiger partial charge is 0.276 e. The van der Waals surface area contributed by atoms with E-state index >= 15 is 0 Å². The Labute approximate surface area is 135 Å². The molecule has 0 aliphatic carbocycles. The van der Waals surface area contributed by atoms with Gasteiger partial charge in [-0.25, -0.2) is 0 Å². The van der Waals surface area contributed by atoms with Crippen LogP contribution in [0.1, 0.15) is 30.3 Å². The minimum absolute atomic E-state index is 0.0454. The van der Waals surface area contributed by atoms with Crippen LogP contribution in [0.25, 0.3) is 11.3 Å². The number of hydrogen-bond donors (Lipinski definition) is 1. The molecule has 0 unspecified atom stereocenters. The van der Waals surface area contributed by atoms with Crippen LogP contribution in [-0.4, -0.2) is 47.1 Å². The molecule has 1 aliphatic heterocycles. The van der Waals surface area contributed by atoms with E-state index in [9.17, 15) is 4.79 Å². The van der Waals surface area contributed by atoms with E-state index in [-0.39, 0.29) is 5.91 Å². The second-order valence-corrected chi connectivity index (χ2v) is 5.86. The van der Waals surface area contributed by atoms with Crippen LogP contribution in [-0.2, 0) is 0 Å². The lowest BCUT2D eigenvalue weighted by atomic mass is 9.96. The van der Waals surface area contributed by atoms with Crippen molar-refractivity contribution in [3.63, 3.8) is 0 Å². The van der Waals surface area contributed by atoms with E-state index in [2.05, 4.69) is 22.4 Å². The molecule has 6 heteroatoms. The molecule has 0 atom stereocenters. The number of piperidine rings is 1. The minimum Gasteiger partial charge on any atom is -0.355 e. The third kappa shape index (κ3) is 3.76. The average molecular weight is 314 g/mol. The zero-order chi connectivity index (χ0) is 16.1. The molecular formula is C17H22N4O2. The van der Waals surface area contributed by atoms with E-state index in [4.69, 9.17) is 4.52 Å². The van der Waals surface area contributed by atoms with Crippen molar-refractivity contribution >= 4 is 5.91 Å². The fourth-order valence-electron chi connectivity index (χ4n) is 2.88. The lowest BCUT2D eigenvalue weighted by molar-refractivity contribution is 0.0680. The van der Waals surface area contributed by atoms with Crippen molar-refractivity contribution in [2.45, 2.75) is 19.8 Å². The molecule has 3 heterocycles. The van der Waals surface area contributed by atoms with Gasteiger partial charge in [0, 0.05) is 37.1 Å². The Kier molecular flexibility index (Phi) is 5.02. The lowest BCUT2D eigenvalue weighted by Crippen LogP contribution is -2.40. The van der Waals surface area contributed by atoms with Crippen LogP contribution in [0.2, 0.25) is 0 Å². The number of aromatic nitrogens is 2. The number of hydrogen-bond acceptors (Lipinski definition) is 5. The van der Waals surface area contributed by atoms with Crippen LogP contribution in [0, 0.1) is 5.92 Å². The SMILES string of the molecule is CCNCC1CCN(C(=O)c2cc(-c3ccncc3)on2)CC1. The van der Waals surface area contributed by atoms with Crippen molar-refractivity contribution < 1.29 is 9.32 Å². The van der Waals surface area contributed by atoms with Crippen LogP contribution in [0.3, 0.4) is 0 Å². The van der Waals surface area contributed by atoms with Gasteiger partial charge in [-0.05, 0) is 44.0 Å². The fourth-order valence-corrected chi connectivity index (χ4v) is 2.88. The van der Waals surface area contributed by atoms with Crippen LogP contribution >= 0.6 is 0 Å². The standard InChI is InChI=1S/C17H22N4O2/c1-2-18-12-13-5-9-21(10-6-13)17(22)15-11-16(23-20-15)14-3-7-19-8-4-14/h3-4,7-8,11,13,18H,2,5-6,9-10,12H2,1H3. The number of carbonyl (C=O) groups excluding carboxylic acids is 1. The van der Waals surface area contributed by atoms with E-state index in [0.29, 0.717) is 17.4 Å². The molecule has 1 saturated heterocycles. The minimum atomic E-state index is -0.0454. The van der Waals surface area contributed by atoms with Gasteiger partial charge in [0.15, 0.2) is 11.5 Å². The van der Waals surface area contributed by atoms with E-state index in [0.717, 1.165) is 44.6 Å². The molecule has 1 fully saturated rings. The zero-order valence-electron chi connectivity index (χ0n) is 13.4. The third-order valence-corrected chi connectivity index (χ3v) is 4.28. The number of likely N-dealkylation sites (tertiary alicyclic amines) is 1. The molecule has 122 valence electrons. The van der Waals surface area contributed by atoms with Crippen LogP contribution in [0.5, 0.6) is 0 Å². The van der Waals surface area contributed by atoms with E-state index in [1.54, 1.807) is 18.5 Å². The predicted molar refractivity (Wildman–Crippen MR) is 86.9 cm³/mol. The highest BCUT2D eigenvalue weighted by atomic mass is 16.5. The summed E-state index contributed by atoms with van der Waals surface area (Å²) < 4.78 is 5.30. The van der Waals surface area contributed by atoms with Gasteiger partial charge in [-0.2, -0.15) is 0 Å². The number of amides is 1. The van der Waals surface area contributed by atoms with Gasteiger partial charge in [0.25, 0.3) is 5.91 Å². The number of pyridine rings is 1. The molecule has 0 radical (unpaired) electrons. The third-order valence-electron chi connectivity index (χ3n) is 4.28. The van der Waals surface area contributed by atoms with Crippen LogP contribution in [0.15, 0.2) is 35.1 Å². The molecule has 0 saturated carbocycles. The molecule has 2 aromatic rings. The van der Waals surface area contributed by atoms with Crippen molar-refractivity contribution in [2.75, 3.05) is 26.2 Å². The van der Waals surface area contributed by atoms with Crippen molar-refractivity contribution in [1.29, 1.82) is 0 Å². The molecule has 23 heavy (non-hydrogen) atoms. The maximum atomic E-state index is 12.5. The molecule has 0 bridgehead atoms. The molecule has 6 nitrogen and oxygen atoms in total. The topological polar surface area (TPSA) is 71.3 Å². The maximum absolute atomic E-state index is 12.5. The van der Waals surface area contributed by atoms with Gasteiger partial charge < -0.3 is 14.7 Å². The van der Waals surface area contributed by atoms with Gasteiger partial charge >= 0.3 is 0 Å². The van der Waals surface area contributed by atoms with Gasteiger partial charge in [0.1, 0.15) is 0 Å².